The lowest BCUT2D eigenvalue weighted by Crippen LogP contribution is -2.61. The molecule has 5 nitrogen and oxygen atoms in total. The van der Waals surface area contributed by atoms with E-state index >= 15 is 0 Å². The van der Waals surface area contributed by atoms with Crippen LogP contribution in [0.15, 0.2) is 53.0 Å². The van der Waals surface area contributed by atoms with Gasteiger partial charge in [-0.15, -0.1) is 0 Å². The Balaban J connectivity index is 1.32. The molecule has 2 aliphatic heterocycles. The van der Waals surface area contributed by atoms with E-state index in [9.17, 15) is 9.18 Å². The Morgan fingerprint density at radius 2 is 1.71 bits per heavy atom. The summed E-state index contributed by atoms with van der Waals surface area (Å²) in [7, 11) is 6.23. The van der Waals surface area contributed by atoms with Gasteiger partial charge in [0.1, 0.15) is 5.82 Å². The molecule has 0 bridgehead atoms. The molecule has 0 aliphatic carbocycles. The summed E-state index contributed by atoms with van der Waals surface area (Å²) in [6.45, 7) is 6.22. The molecule has 2 heterocycles. The van der Waals surface area contributed by atoms with E-state index in [1.54, 1.807) is 4.90 Å². The number of rotatable bonds is 9. The Morgan fingerprint density at radius 1 is 1.06 bits per heavy atom. The first kappa shape index (κ1) is 26.3. The van der Waals surface area contributed by atoms with Crippen LogP contribution in [0.5, 0.6) is 0 Å². The molecule has 1 amide bonds. The zero-order chi connectivity index (χ0) is 24.9. The first-order valence-corrected chi connectivity index (χ1v) is 13.5. The van der Waals surface area contributed by atoms with Gasteiger partial charge in [-0.1, -0.05) is 24.3 Å². The molecular formula is C28H38BrFN4O. The number of hydrogen-bond donors (Lipinski definition) is 0. The Labute approximate surface area is 218 Å². The van der Waals surface area contributed by atoms with Crippen molar-refractivity contribution in [1.29, 1.82) is 0 Å². The second kappa shape index (κ2) is 12.0. The maximum absolute atomic E-state index is 13.6. The van der Waals surface area contributed by atoms with Gasteiger partial charge in [-0.25, -0.2) is 4.39 Å². The molecule has 0 aromatic heterocycles. The number of halogens is 2. The number of likely N-dealkylation sites (N-methyl/N-ethyl adjacent to an activating group) is 1. The number of carbonyl (C=O) groups excluding carboxylic acids is 1. The van der Waals surface area contributed by atoms with Gasteiger partial charge < -0.3 is 14.7 Å². The van der Waals surface area contributed by atoms with Crippen LogP contribution < -0.4 is 0 Å². The number of likely N-dealkylation sites (tertiary alicyclic amines) is 2. The van der Waals surface area contributed by atoms with Gasteiger partial charge in [-0.3, -0.25) is 9.69 Å². The molecule has 0 spiro atoms. The van der Waals surface area contributed by atoms with Crippen LogP contribution in [0.3, 0.4) is 0 Å². The van der Waals surface area contributed by atoms with Gasteiger partial charge in [0.15, 0.2) is 0 Å². The summed E-state index contributed by atoms with van der Waals surface area (Å²) < 4.78 is 14.4. The summed E-state index contributed by atoms with van der Waals surface area (Å²) in [4.78, 5) is 22.4. The van der Waals surface area contributed by atoms with Crippen molar-refractivity contribution in [2.45, 2.75) is 37.3 Å². The summed E-state index contributed by atoms with van der Waals surface area (Å²) in [5.41, 5.74) is 1.75. The van der Waals surface area contributed by atoms with Crippen molar-refractivity contribution in [2.24, 2.45) is 0 Å². The predicted molar refractivity (Wildman–Crippen MR) is 143 cm³/mol. The number of benzene rings is 2. The average molecular weight is 546 g/mol. The first-order chi connectivity index (χ1) is 16.8. The smallest absolute Gasteiger partial charge is 0.254 e. The molecular weight excluding hydrogens is 507 g/mol. The molecule has 1 atom stereocenters. The molecule has 0 radical (unpaired) electrons. The van der Waals surface area contributed by atoms with Gasteiger partial charge in [0.05, 0.1) is 5.56 Å². The molecule has 2 aromatic carbocycles. The minimum atomic E-state index is -0.228. The van der Waals surface area contributed by atoms with Crippen molar-refractivity contribution in [3.63, 3.8) is 0 Å². The van der Waals surface area contributed by atoms with Crippen molar-refractivity contribution < 1.29 is 9.18 Å². The third-order valence-corrected chi connectivity index (χ3v) is 8.46. The van der Waals surface area contributed by atoms with Crippen LogP contribution in [0.2, 0.25) is 0 Å². The minimum Gasteiger partial charge on any atom is -0.341 e. The fraction of sp³-hybridized carbons (Fsp3) is 0.536. The van der Waals surface area contributed by atoms with E-state index in [0.717, 1.165) is 42.1 Å². The minimum absolute atomic E-state index is 0.00488. The highest BCUT2D eigenvalue weighted by molar-refractivity contribution is 9.10. The van der Waals surface area contributed by atoms with E-state index < -0.39 is 0 Å². The maximum Gasteiger partial charge on any atom is 0.254 e. The summed E-state index contributed by atoms with van der Waals surface area (Å²) in [6.07, 6.45) is 3.46. The largest absolute Gasteiger partial charge is 0.341 e. The monoisotopic (exact) mass is 544 g/mol. The van der Waals surface area contributed by atoms with Gasteiger partial charge in [-0.2, -0.15) is 0 Å². The molecule has 2 fully saturated rings. The highest BCUT2D eigenvalue weighted by Gasteiger charge is 2.34. The van der Waals surface area contributed by atoms with Crippen LogP contribution in [0, 0.1) is 5.82 Å². The van der Waals surface area contributed by atoms with E-state index in [0.29, 0.717) is 18.2 Å². The third kappa shape index (κ3) is 6.70. The molecule has 0 saturated carbocycles. The fourth-order valence-corrected chi connectivity index (χ4v) is 5.87. The lowest BCUT2D eigenvalue weighted by molar-refractivity contribution is 0.00874. The van der Waals surface area contributed by atoms with Crippen LogP contribution in [-0.2, 0) is 0 Å². The second-order valence-electron chi connectivity index (χ2n) is 10.3. The standard InChI is InChI=1S/C28H38BrFN4O/c1-31(2)24-13-16-34(17-14-24)25-19-33(20-25)15-12-22(21-8-10-23(30)11-9-21)18-32(3)28(35)26-6-4-5-7-27(26)29/h4-11,22,24-25H,12-20H2,1-3H3. The lowest BCUT2D eigenvalue weighted by atomic mass is 9.93. The van der Waals surface area contributed by atoms with E-state index in [-0.39, 0.29) is 17.6 Å². The van der Waals surface area contributed by atoms with Crippen LogP contribution in [0.4, 0.5) is 4.39 Å². The second-order valence-corrected chi connectivity index (χ2v) is 11.2. The molecule has 2 aromatic rings. The molecule has 0 N–H and O–H groups in total. The normalized spacial score (nSPS) is 19.0. The lowest BCUT2D eigenvalue weighted by Gasteiger charge is -2.48. The molecule has 2 saturated heterocycles. The van der Waals surface area contributed by atoms with Crippen molar-refractivity contribution >= 4 is 21.8 Å². The molecule has 35 heavy (non-hydrogen) atoms. The SMILES string of the molecule is CN(CC(CCN1CC(N2CCC(N(C)C)CC2)C1)c1ccc(F)cc1)C(=O)c1ccccc1Br. The molecule has 4 rings (SSSR count). The van der Waals surface area contributed by atoms with E-state index in [2.05, 4.69) is 44.7 Å². The Morgan fingerprint density at radius 3 is 2.34 bits per heavy atom. The van der Waals surface area contributed by atoms with Gasteiger partial charge in [0, 0.05) is 62.2 Å². The van der Waals surface area contributed by atoms with Crippen molar-refractivity contribution in [3.05, 3.63) is 69.9 Å². The number of nitrogens with zero attached hydrogens (tertiary/aromatic N) is 4. The Kier molecular flexibility index (Phi) is 8.97. The van der Waals surface area contributed by atoms with Gasteiger partial charge in [0.2, 0.25) is 0 Å². The predicted octanol–water partition coefficient (Wildman–Crippen LogP) is 4.54. The molecule has 190 valence electrons. The van der Waals surface area contributed by atoms with E-state index in [1.165, 1.54) is 38.1 Å². The highest BCUT2D eigenvalue weighted by atomic mass is 79.9. The number of piperidine rings is 1. The Bertz CT molecular complexity index is 971. The molecule has 2 aliphatic rings. The van der Waals surface area contributed by atoms with E-state index in [1.807, 2.05) is 43.4 Å². The van der Waals surface area contributed by atoms with Crippen molar-refractivity contribution in [1.82, 2.24) is 19.6 Å². The zero-order valence-corrected chi connectivity index (χ0v) is 22.8. The topological polar surface area (TPSA) is 30.0 Å². The van der Waals surface area contributed by atoms with E-state index in [4.69, 9.17) is 0 Å². The highest BCUT2D eigenvalue weighted by Crippen LogP contribution is 2.27. The number of carbonyl (C=O) groups is 1. The summed E-state index contributed by atoms with van der Waals surface area (Å²) in [6, 6.07) is 15.7. The zero-order valence-electron chi connectivity index (χ0n) is 21.2. The summed E-state index contributed by atoms with van der Waals surface area (Å²) >= 11 is 3.50. The van der Waals surface area contributed by atoms with Crippen molar-refractivity contribution in [2.75, 3.05) is 60.4 Å². The van der Waals surface area contributed by atoms with Gasteiger partial charge in [-0.05, 0) is 85.7 Å². The van der Waals surface area contributed by atoms with Gasteiger partial charge >= 0.3 is 0 Å². The van der Waals surface area contributed by atoms with Crippen LogP contribution in [0.25, 0.3) is 0 Å². The first-order valence-electron chi connectivity index (χ1n) is 12.7. The van der Waals surface area contributed by atoms with Crippen LogP contribution in [0.1, 0.15) is 41.1 Å². The van der Waals surface area contributed by atoms with Gasteiger partial charge in [0.25, 0.3) is 5.91 Å². The molecule has 7 heteroatoms. The quantitative estimate of drug-likeness (QED) is 0.463. The van der Waals surface area contributed by atoms with Crippen LogP contribution >= 0.6 is 15.9 Å². The summed E-state index contributed by atoms with van der Waals surface area (Å²) in [5, 5.41) is 0. The fourth-order valence-electron chi connectivity index (χ4n) is 5.41. The molecule has 1 unspecified atom stereocenters. The maximum atomic E-state index is 13.6. The Hall–Kier alpha value is -1.80. The third-order valence-electron chi connectivity index (χ3n) is 7.76. The van der Waals surface area contributed by atoms with Crippen LogP contribution in [-0.4, -0.2) is 98.0 Å². The average Bonchev–Trinajstić information content (AvgIpc) is 2.83. The number of hydrogen-bond acceptors (Lipinski definition) is 4. The summed E-state index contributed by atoms with van der Waals surface area (Å²) in [5.74, 6) is -0.0783. The number of amides is 1. The van der Waals surface area contributed by atoms with Crippen molar-refractivity contribution in [3.8, 4) is 0 Å².